The third-order valence-corrected chi connectivity index (χ3v) is 7.98. The molecule has 4 rings (SSSR count). The van der Waals surface area contributed by atoms with Crippen LogP contribution < -0.4 is 0 Å². The molecule has 5 heteroatoms. The van der Waals surface area contributed by atoms with Crippen LogP contribution in [0.25, 0.3) is 0 Å². The van der Waals surface area contributed by atoms with E-state index < -0.39 is 0 Å². The maximum absolute atomic E-state index is 13.0. The Morgan fingerprint density at radius 2 is 1.59 bits per heavy atom. The lowest BCUT2D eigenvalue weighted by atomic mass is 9.92. The third kappa shape index (κ3) is 5.53. The Hall–Kier alpha value is -1.10. The molecule has 4 fully saturated rings. The maximum Gasteiger partial charge on any atom is 0.226 e. The average molecular weight is 404 g/mol. The van der Waals surface area contributed by atoms with Gasteiger partial charge in [-0.3, -0.25) is 14.5 Å². The lowest BCUT2D eigenvalue weighted by molar-refractivity contribution is -0.136. The summed E-state index contributed by atoms with van der Waals surface area (Å²) >= 11 is 0. The summed E-state index contributed by atoms with van der Waals surface area (Å²) in [6.45, 7) is 4.79. The van der Waals surface area contributed by atoms with Crippen molar-refractivity contribution in [2.75, 3.05) is 39.8 Å². The number of hydrogen-bond donors (Lipinski definition) is 0. The Morgan fingerprint density at radius 3 is 2.28 bits per heavy atom. The fourth-order valence-electron chi connectivity index (χ4n) is 5.92. The highest BCUT2D eigenvalue weighted by Gasteiger charge is 2.37. The van der Waals surface area contributed by atoms with Crippen molar-refractivity contribution in [3.05, 3.63) is 0 Å². The van der Waals surface area contributed by atoms with Crippen LogP contribution in [0.1, 0.15) is 77.0 Å². The van der Waals surface area contributed by atoms with Crippen molar-refractivity contribution < 1.29 is 9.59 Å². The van der Waals surface area contributed by atoms with E-state index in [-0.39, 0.29) is 5.92 Å². The third-order valence-electron chi connectivity index (χ3n) is 7.98. The summed E-state index contributed by atoms with van der Waals surface area (Å²) in [4.78, 5) is 32.0. The summed E-state index contributed by atoms with van der Waals surface area (Å²) in [6.07, 6.45) is 14.6. The molecule has 2 amide bonds. The number of carbonyl (C=O) groups excluding carboxylic acids is 2. The van der Waals surface area contributed by atoms with Gasteiger partial charge in [0, 0.05) is 45.2 Å². The summed E-state index contributed by atoms with van der Waals surface area (Å²) < 4.78 is 0. The number of amides is 2. The first kappa shape index (κ1) is 21.1. The molecule has 2 heterocycles. The largest absolute Gasteiger partial charge is 0.345 e. The number of hydrogen-bond acceptors (Lipinski definition) is 3. The molecule has 0 aromatic carbocycles. The van der Waals surface area contributed by atoms with E-state index in [0.717, 1.165) is 83.6 Å². The minimum Gasteiger partial charge on any atom is -0.345 e. The van der Waals surface area contributed by atoms with Crippen molar-refractivity contribution in [1.29, 1.82) is 0 Å². The Morgan fingerprint density at radius 1 is 0.862 bits per heavy atom. The van der Waals surface area contributed by atoms with Crippen LogP contribution in [-0.4, -0.2) is 72.3 Å². The molecule has 29 heavy (non-hydrogen) atoms. The van der Waals surface area contributed by atoms with Gasteiger partial charge in [-0.2, -0.15) is 0 Å². The van der Waals surface area contributed by atoms with Gasteiger partial charge in [-0.05, 0) is 63.8 Å². The first-order valence-electron chi connectivity index (χ1n) is 12.4. The molecule has 2 saturated heterocycles. The highest BCUT2D eigenvalue weighted by molar-refractivity contribution is 5.81. The fourth-order valence-corrected chi connectivity index (χ4v) is 5.92. The van der Waals surface area contributed by atoms with Crippen molar-refractivity contribution in [1.82, 2.24) is 14.7 Å². The van der Waals surface area contributed by atoms with Gasteiger partial charge in [0.2, 0.25) is 11.8 Å². The second-order valence-electron chi connectivity index (χ2n) is 10.2. The van der Waals surface area contributed by atoms with Gasteiger partial charge in [0.1, 0.15) is 0 Å². The lowest BCUT2D eigenvalue weighted by Crippen LogP contribution is -2.51. The van der Waals surface area contributed by atoms with Crippen LogP contribution in [-0.2, 0) is 9.59 Å². The smallest absolute Gasteiger partial charge is 0.226 e. The second kappa shape index (κ2) is 9.80. The molecule has 0 bridgehead atoms. The first-order valence-corrected chi connectivity index (χ1v) is 12.4. The van der Waals surface area contributed by atoms with Gasteiger partial charge in [-0.25, -0.2) is 0 Å². The molecule has 4 aliphatic rings. The first-order chi connectivity index (χ1) is 14.1. The highest BCUT2D eigenvalue weighted by Crippen LogP contribution is 2.33. The van der Waals surface area contributed by atoms with Crippen LogP contribution in [0.3, 0.4) is 0 Å². The highest BCUT2D eigenvalue weighted by atomic mass is 16.2. The quantitative estimate of drug-likeness (QED) is 0.653. The van der Waals surface area contributed by atoms with Crippen LogP contribution in [0.5, 0.6) is 0 Å². The summed E-state index contributed by atoms with van der Waals surface area (Å²) in [6, 6.07) is 0.557. The topological polar surface area (TPSA) is 43.9 Å². The number of likely N-dealkylation sites (tertiary alicyclic amines) is 2. The molecule has 0 aromatic heterocycles. The van der Waals surface area contributed by atoms with E-state index in [9.17, 15) is 9.59 Å². The normalized spacial score (nSPS) is 27.3. The molecular formula is C24H41N3O2. The Balaban J connectivity index is 1.19. The summed E-state index contributed by atoms with van der Waals surface area (Å²) in [7, 11) is 2.01. The van der Waals surface area contributed by atoms with Crippen molar-refractivity contribution in [2.24, 2.45) is 17.8 Å². The van der Waals surface area contributed by atoms with E-state index in [1.807, 2.05) is 11.9 Å². The van der Waals surface area contributed by atoms with E-state index in [4.69, 9.17) is 0 Å². The monoisotopic (exact) mass is 403 g/mol. The average Bonchev–Trinajstić information content (AvgIpc) is 3.49. The van der Waals surface area contributed by atoms with Gasteiger partial charge in [-0.15, -0.1) is 0 Å². The van der Waals surface area contributed by atoms with Gasteiger partial charge < -0.3 is 9.80 Å². The number of piperidine rings is 2. The molecule has 1 atom stereocenters. The van der Waals surface area contributed by atoms with Crippen LogP contribution in [0, 0.1) is 17.8 Å². The predicted molar refractivity (Wildman–Crippen MR) is 115 cm³/mol. The van der Waals surface area contributed by atoms with Gasteiger partial charge in [0.15, 0.2) is 0 Å². The minimum absolute atomic E-state index is 0.173. The Bertz CT molecular complexity index is 562. The summed E-state index contributed by atoms with van der Waals surface area (Å²) in [5.41, 5.74) is 0. The zero-order valence-corrected chi connectivity index (χ0v) is 18.5. The molecule has 0 N–H and O–H groups in total. The van der Waals surface area contributed by atoms with E-state index >= 15 is 0 Å². The molecule has 5 nitrogen and oxygen atoms in total. The number of nitrogens with zero attached hydrogens (tertiary/aromatic N) is 3. The van der Waals surface area contributed by atoms with E-state index in [0.29, 0.717) is 23.8 Å². The zero-order valence-electron chi connectivity index (χ0n) is 18.5. The van der Waals surface area contributed by atoms with Gasteiger partial charge >= 0.3 is 0 Å². The SMILES string of the molecule is CN(CCCC1CCCC1)C(=O)[C@@H]1CCCN(C2CCN(C(=O)C3CC3)CC2)C1. The molecule has 2 aliphatic heterocycles. The van der Waals surface area contributed by atoms with Crippen LogP contribution in [0.2, 0.25) is 0 Å². The van der Waals surface area contributed by atoms with Crippen LogP contribution in [0.4, 0.5) is 0 Å². The Kier molecular flexibility index (Phi) is 7.15. The molecule has 0 aromatic rings. The fraction of sp³-hybridized carbons (Fsp3) is 0.917. The molecule has 164 valence electrons. The van der Waals surface area contributed by atoms with Crippen molar-refractivity contribution in [3.63, 3.8) is 0 Å². The zero-order chi connectivity index (χ0) is 20.2. The van der Waals surface area contributed by atoms with E-state index in [1.54, 1.807) is 0 Å². The van der Waals surface area contributed by atoms with Gasteiger partial charge in [0.25, 0.3) is 0 Å². The van der Waals surface area contributed by atoms with Gasteiger partial charge in [-0.1, -0.05) is 25.7 Å². The molecular weight excluding hydrogens is 362 g/mol. The second-order valence-corrected chi connectivity index (χ2v) is 10.2. The predicted octanol–water partition coefficient (Wildman–Crippen LogP) is 3.53. The van der Waals surface area contributed by atoms with Crippen LogP contribution >= 0.6 is 0 Å². The minimum atomic E-state index is 0.173. The lowest BCUT2D eigenvalue weighted by Gasteiger charge is -2.42. The van der Waals surface area contributed by atoms with Crippen LogP contribution in [0.15, 0.2) is 0 Å². The van der Waals surface area contributed by atoms with E-state index in [1.165, 1.54) is 32.1 Å². The maximum atomic E-state index is 13.0. The number of rotatable bonds is 7. The molecule has 0 spiro atoms. The molecule has 2 saturated carbocycles. The van der Waals surface area contributed by atoms with Crippen molar-refractivity contribution in [2.45, 2.75) is 83.1 Å². The Labute approximate surface area is 177 Å². The standard InChI is InChI=1S/C24H41N3O2/c1-25(14-4-8-19-6-2-3-7-19)23(28)21-9-5-15-27(18-21)22-12-16-26(17-13-22)24(29)20-10-11-20/h19-22H,2-18H2,1H3/t21-/m1/s1. The van der Waals surface area contributed by atoms with E-state index in [2.05, 4.69) is 9.80 Å². The number of carbonyl (C=O) groups is 2. The van der Waals surface area contributed by atoms with Crippen molar-refractivity contribution >= 4 is 11.8 Å². The molecule has 0 radical (unpaired) electrons. The van der Waals surface area contributed by atoms with Crippen molar-refractivity contribution in [3.8, 4) is 0 Å². The molecule has 0 unspecified atom stereocenters. The van der Waals surface area contributed by atoms with Gasteiger partial charge in [0.05, 0.1) is 5.92 Å². The summed E-state index contributed by atoms with van der Waals surface area (Å²) in [5, 5.41) is 0. The summed E-state index contributed by atoms with van der Waals surface area (Å²) in [5.74, 6) is 2.19. The molecule has 2 aliphatic carbocycles.